The average molecular weight is 291 g/mol. The number of non-ortho nitro benzene ring substituents is 1. The van der Waals surface area contributed by atoms with Gasteiger partial charge in [-0.2, -0.15) is 0 Å². The van der Waals surface area contributed by atoms with Gasteiger partial charge in [-0.15, -0.1) is 0 Å². The van der Waals surface area contributed by atoms with Crippen LogP contribution in [0.2, 0.25) is 0 Å². The number of benzene rings is 1. The van der Waals surface area contributed by atoms with Crippen molar-refractivity contribution in [3.63, 3.8) is 0 Å². The van der Waals surface area contributed by atoms with E-state index in [1.807, 2.05) is 12.1 Å². The fraction of sp³-hybridized carbons (Fsp3) is 0.625. The fourth-order valence-corrected chi connectivity index (χ4v) is 2.85. The van der Waals surface area contributed by atoms with Gasteiger partial charge in [-0.3, -0.25) is 10.1 Å². The molecule has 1 fully saturated rings. The van der Waals surface area contributed by atoms with Crippen LogP contribution in [0.5, 0.6) is 0 Å². The molecule has 1 aromatic rings. The highest BCUT2D eigenvalue weighted by atomic mass is 16.6. The largest absolute Gasteiger partial charge is 0.310 e. The van der Waals surface area contributed by atoms with E-state index < -0.39 is 0 Å². The Labute approximate surface area is 126 Å². The zero-order valence-corrected chi connectivity index (χ0v) is 12.9. The van der Waals surface area contributed by atoms with E-state index in [4.69, 9.17) is 0 Å². The Morgan fingerprint density at radius 2 is 1.86 bits per heavy atom. The van der Waals surface area contributed by atoms with E-state index in [2.05, 4.69) is 24.1 Å². The minimum absolute atomic E-state index is 0.147. The molecular weight excluding hydrogens is 266 g/mol. The van der Waals surface area contributed by atoms with Crippen LogP contribution in [-0.4, -0.2) is 36.0 Å². The summed E-state index contributed by atoms with van der Waals surface area (Å²) in [6.45, 7) is 8.97. The third-order valence-corrected chi connectivity index (χ3v) is 4.14. The van der Waals surface area contributed by atoms with Gasteiger partial charge in [0.2, 0.25) is 0 Å². The van der Waals surface area contributed by atoms with Crippen LogP contribution in [0.1, 0.15) is 38.3 Å². The summed E-state index contributed by atoms with van der Waals surface area (Å²) in [5.74, 6) is 0.614. The van der Waals surface area contributed by atoms with E-state index in [0.717, 1.165) is 18.7 Å². The maximum atomic E-state index is 10.6. The molecular formula is C16H25N3O2. The molecule has 5 nitrogen and oxygen atoms in total. The van der Waals surface area contributed by atoms with Crippen molar-refractivity contribution in [3.8, 4) is 0 Å². The molecule has 21 heavy (non-hydrogen) atoms. The number of likely N-dealkylation sites (tertiary alicyclic amines) is 1. The van der Waals surface area contributed by atoms with Crippen molar-refractivity contribution in [3.05, 3.63) is 39.9 Å². The first kappa shape index (κ1) is 15.9. The molecule has 1 heterocycles. The molecule has 0 aromatic heterocycles. The lowest BCUT2D eigenvalue weighted by Crippen LogP contribution is -2.32. The number of hydrogen-bond donors (Lipinski definition) is 1. The summed E-state index contributed by atoms with van der Waals surface area (Å²) < 4.78 is 0. The normalized spacial score (nSPS) is 18.6. The van der Waals surface area contributed by atoms with Crippen LogP contribution in [0.25, 0.3) is 0 Å². The number of nitrogens with zero attached hydrogens (tertiary/aromatic N) is 2. The van der Waals surface area contributed by atoms with Crippen LogP contribution >= 0.6 is 0 Å². The van der Waals surface area contributed by atoms with Crippen LogP contribution in [0.3, 0.4) is 0 Å². The van der Waals surface area contributed by atoms with Crippen LogP contribution in [0, 0.1) is 16.0 Å². The molecule has 1 aliphatic heterocycles. The van der Waals surface area contributed by atoms with E-state index in [1.54, 1.807) is 12.1 Å². The molecule has 2 atom stereocenters. The Morgan fingerprint density at radius 3 is 2.43 bits per heavy atom. The molecule has 116 valence electrons. The lowest BCUT2D eigenvalue weighted by molar-refractivity contribution is -0.384. The van der Waals surface area contributed by atoms with Crippen molar-refractivity contribution in [2.45, 2.75) is 32.7 Å². The van der Waals surface area contributed by atoms with Gasteiger partial charge in [0.1, 0.15) is 0 Å². The van der Waals surface area contributed by atoms with E-state index in [-0.39, 0.29) is 16.7 Å². The molecule has 1 aliphatic rings. The van der Waals surface area contributed by atoms with Gasteiger partial charge < -0.3 is 10.2 Å². The monoisotopic (exact) mass is 291 g/mol. The first-order chi connectivity index (χ1) is 10.1. The smallest absolute Gasteiger partial charge is 0.269 e. The Kier molecular flexibility index (Phi) is 5.70. The Hall–Kier alpha value is -1.46. The zero-order valence-electron chi connectivity index (χ0n) is 12.9. The molecule has 0 spiro atoms. The van der Waals surface area contributed by atoms with Crippen molar-refractivity contribution in [1.29, 1.82) is 0 Å². The maximum absolute atomic E-state index is 10.6. The van der Waals surface area contributed by atoms with Gasteiger partial charge in [0.25, 0.3) is 5.69 Å². The van der Waals surface area contributed by atoms with Gasteiger partial charge in [0, 0.05) is 24.7 Å². The topological polar surface area (TPSA) is 58.4 Å². The molecule has 0 saturated carbocycles. The predicted molar refractivity (Wildman–Crippen MR) is 84.4 cm³/mol. The Morgan fingerprint density at radius 1 is 1.24 bits per heavy atom. The van der Waals surface area contributed by atoms with Crippen LogP contribution in [0.15, 0.2) is 24.3 Å². The maximum Gasteiger partial charge on any atom is 0.269 e. The van der Waals surface area contributed by atoms with Gasteiger partial charge in [-0.1, -0.05) is 19.1 Å². The second-order valence-electron chi connectivity index (χ2n) is 6.09. The zero-order chi connectivity index (χ0) is 15.2. The molecule has 5 heteroatoms. The van der Waals surface area contributed by atoms with Gasteiger partial charge >= 0.3 is 0 Å². The summed E-state index contributed by atoms with van der Waals surface area (Å²) >= 11 is 0. The van der Waals surface area contributed by atoms with Crippen LogP contribution in [0.4, 0.5) is 5.69 Å². The SMILES string of the molecule is CC(CNC(C)c1ccc([N+](=O)[O-])cc1)CN1CCCC1. The molecule has 1 saturated heterocycles. The van der Waals surface area contributed by atoms with E-state index in [1.165, 1.54) is 25.9 Å². The number of nitro benzene ring substituents is 1. The van der Waals surface area contributed by atoms with Gasteiger partial charge in [0.05, 0.1) is 4.92 Å². The Balaban J connectivity index is 1.77. The molecule has 0 aliphatic carbocycles. The number of rotatable bonds is 7. The minimum Gasteiger partial charge on any atom is -0.310 e. The summed E-state index contributed by atoms with van der Waals surface area (Å²) in [6, 6.07) is 7.02. The summed E-state index contributed by atoms with van der Waals surface area (Å²) in [6.07, 6.45) is 2.67. The summed E-state index contributed by atoms with van der Waals surface area (Å²) in [5, 5.41) is 14.2. The second kappa shape index (κ2) is 7.52. The highest BCUT2D eigenvalue weighted by molar-refractivity contribution is 5.33. The average Bonchev–Trinajstić information content (AvgIpc) is 2.97. The summed E-state index contributed by atoms with van der Waals surface area (Å²) in [5.41, 5.74) is 1.24. The molecule has 0 bridgehead atoms. The molecule has 2 unspecified atom stereocenters. The van der Waals surface area contributed by atoms with E-state index in [9.17, 15) is 10.1 Å². The molecule has 1 N–H and O–H groups in total. The highest BCUT2D eigenvalue weighted by Crippen LogP contribution is 2.18. The third-order valence-electron chi connectivity index (χ3n) is 4.14. The fourth-order valence-electron chi connectivity index (χ4n) is 2.85. The Bertz CT molecular complexity index is 455. The van der Waals surface area contributed by atoms with Crippen molar-refractivity contribution < 1.29 is 4.92 Å². The summed E-state index contributed by atoms with van der Waals surface area (Å²) in [4.78, 5) is 12.8. The third kappa shape index (κ3) is 4.79. The molecule has 1 aromatic carbocycles. The first-order valence-electron chi connectivity index (χ1n) is 7.76. The second-order valence-corrected chi connectivity index (χ2v) is 6.09. The lowest BCUT2D eigenvalue weighted by atomic mass is 10.1. The van der Waals surface area contributed by atoms with Gasteiger partial charge in [-0.05, 0) is 50.9 Å². The van der Waals surface area contributed by atoms with Crippen molar-refractivity contribution in [1.82, 2.24) is 10.2 Å². The molecule has 2 rings (SSSR count). The van der Waals surface area contributed by atoms with E-state index >= 15 is 0 Å². The van der Waals surface area contributed by atoms with Crippen molar-refractivity contribution in [2.24, 2.45) is 5.92 Å². The van der Waals surface area contributed by atoms with Gasteiger partial charge in [0.15, 0.2) is 0 Å². The number of nitro groups is 1. The summed E-state index contributed by atoms with van der Waals surface area (Å²) in [7, 11) is 0. The van der Waals surface area contributed by atoms with Crippen LogP contribution < -0.4 is 5.32 Å². The van der Waals surface area contributed by atoms with Crippen LogP contribution in [-0.2, 0) is 0 Å². The number of nitrogens with one attached hydrogen (secondary N) is 1. The predicted octanol–water partition coefficient (Wildman–Crippen LogP) is 2.98. The van der Waals surface area contributed by atoms with E-state index in [0.29, 0.717) is 5.92 Å². The van der Waals surface area contributed by atoms with Crippen molar-refractivity contribution in [2.75, 3.05) is 26.2 Å². The molecule has 0 amide bonds. The van der Waals surface area contributed by atoms with Crippen molar-refractivity contribution >= 4 is 5.69 Å². The van der Waals surface area contributed by atoms with Gasteiger partial charge in [-0.25, -0.2) is 0 Å². The quantitative estimate of drug-likeness (QED) is 0.620. The lowest BCUT2D eigenvalue weighted by Gasteiger charge is -2.22. The first-order valence-corrected chi connectivity index (χ1v) is 7.76. The standard InChI is InChI=1S/C16H25N3O2/c1-13(12-18-9-3-4-10-18)11-17-14(2)15-5-7-16(8-6-15)19(20)21/h5-8,13-14,17H,3-4,9-12H2,1-2H3. The highest BCUT2D eigenvalue weighted by Gasteiger charge is 2.15. The minimum atomic E-state index is -0.361. The number of hydrogen-bond acceptors (Lipinski definition) is 4. The molecule has 0 radical (unpaired) electrons.